The zero-order valence-corrected chi connectivity index (χ0v) is 37.7. The Morgan fingerprint density at radius 2 is 1.00 bits per heavy atom. The molecule has 0 aliphatic heterocycles. The molecular weight excluding hydrogens is 691 g/mol. The molecule has 320 valence electrons. The summed E-state index contributed by atoms with van der Waals surface area (Å²) in [5.41, 5.74) is 0. The third-order valence-electron chi connectivity index (χ3n) is 10.9. The lowest BCUT2D eigenvalue weighted by Gasteiger charge is -2.26. The number of likely N-dealkylation sites (N-methyl/N-ethyl adjacent to an activating group) is 2. The van der Waals surface area contributed by atoms with Crippen molar-refractivity contribution in [2.24, 2.45) is 5.92 Å². The van der Waals surface area contributed by atoms with Gasteiger partial charge in [-0.05, 0) is 45.5 Å². The molecular formula is C46H91N3O4S. The lowest BCUT2D eigenvalue weighted by atomic mass is 9.90. The van der Waals surface area contributed by atoms with Crippen molar-refractivity contribution in [1.29, 1.82) is 0 Å². The number of unbranched alkanes of at least 4 members (excludes halogenated alkanes) is 22. The highest BCUT2D eigenvalue weighted by molar-refractivity contribution is 7.99. The van der Waals surface area contributed by atoms with Crippen LogP contribution in [0.5, 0.6) is 0 Å². The van der Waals surface area contributed by atoms with E-state index in [1.54, 1.807) is 16.7 Å². The third-order valence-corrected chi connectivity index (χ3v) is 11.9. The third kappa shape index (κ3) is 34.2. The van der Waals surface area contributed by atoms with E-state index in [0.717, 1.165) is 50.8 Å². The molecule has 8 heteroatoms. The van der Waals surface area contributed by atoms with Crippen molar-refractivity contribution in [3.63, 3.8) is 0 Å². The SMILES string of the molecule is CCCCCCCCCCCCCOC(=O)CCSCCC(NCC(=O)C(CCCCCCCC)CCCCCCCCCC)C(=O)N(C)CCN(C)C. The van der Waals surface area contributed by atoms with Crippen molar-refractivity contribution >= 4 is 29.4 Å². The maximum absolute atomic E-state index is 13.7. The van der Waals surface area contributed by atoms with Crippen LogP contribution in [0, 0.1) is 5.92 Å². The number of esters is 1. The van der Waals surface area contributed by atoms with Crippen molar-refractivity contribution in [2.45, 2.75) is 213 Å². The molecule has 2 atom stereocenters. The van der Waals surface area contributed by atoms with Gasteiger partial charge in [-0.15, -0.1) is 0 Å². The number of rotatable bonds is 42. The van der Waals surface area contributed by atoms with Crippen molar-refractivity contribution in [2.75, 3.05) is 58.9 Å². The summed E-state index contributed by atoms with van der Waals surface area (Å²) in [5.74, 6) is 1.72. The van der Waals surface area contributed by atoms with Crippen LogP contribution in [0.15, 0.2) is 0 Å². The molecule has 0 aromatic heterocycles. The van der Waals surface area contributed by atoms with Gasteiger partial charge in [-0.25, -0.2) is 0 Å². The molecule has 0 saturated heterocycles. The van der Waals surface area contributed by atoms with Gasteiger partial charge >= 0.3 is 5.97 Å². The zero-order valence-electron chi connectivity index (χ0n) is 36.8. The number of ketones is 1. The van der Waals surface area contributed by atoms with Crippen LogP contribution in [0.3, 0.4) is 0 Å². The molecule has 54 heavy (non-hydrogen) atoms. The molecule has 0 rings (SSSR count). The second-order valence-corrected chi connectivity index (χ2v) is 17.6. The van der Waals surface area contributed by atoms with Gasteiger partial charge in [0.2, 0.25) is 5.91 Å². The number of thioether (sulfide) groups is 1. The molecule has 2 unspecified atom stereocenters. The number of carbonyl (C=O) groups excluding carboxylic acids is 3. The zero-order chi connectivity index (χ0) is 39.9. The molecule has 0 radical (unpaired) electrons. The smallest absolute Gasteiger partial charge is 0.306 e. The molecule has 7 nitrogen and oxygen atoms in total. The highest BCUT2D eigenvalue weighted by atomic mass is 32.2. The Kier molecular flexibility index (Phi) is 39.3. The quantitative estimate of drug-likeness (QED) is 0.0488. The van der Waals surface area contributed by atoms with Crippen LogP contribution in [-0.4, -0.2) is 92.4 Å². The summed E-state index contributed by atoms with van der Waals surface area (Å²) in [7, 11) is 5.90. The fourth-order valence-corrected chi connectivity index (χ4v) is 7.97. The second-order valence-electron chi connectivity index (χ2n) is 16.4. The Morgan fingerprint density at radius 1 is 0.556 bits per heavy atom. The van der Waals surface area contributed by atoms with Crippen LogP contribution in [0.4, 0.5) is 0 Å². The summed E-state index contributed by atoms with van der Waals surface area (Å²) in [4.78, 5) is 43.5. The van der Waals surface area contributed by atoms with Gasteiger partial charge in [0.1, 0.15) is 5.78 Å². The number of hydrogen-bond acceptors (Lipinski definition) is 7. The molecule has 0 aliphatic rings. The number of amides is 1. The Balaban J connectivity index is 4.76. The minimum Gasteiger partial charge on any atom is -0.466 e. The number of nitrogens with zero attached hydrogens (tertiary/aromatic N) is 2. The predicted molar refractivity (Wildman–Crippen MR) is 236 cm³/mol. The first-order valence-electron chi connectivity index (χ1n) is 23.2. The molecule has 0 heterocycles. The lowest BCUT2D eigenvalue weighted by molar-refractivity contribution is -0.143. The maximum atomic E-state index is 13.7. The minimum absolute atomic E-state index is 0.0483. The number of ether oxygens (including phenoxy) is 1. The summed E-state index contributed by atoms with van der Waals surface area (Å²) in [6.45, 7) is 8.99. The van der Waals surface area contributed by atoms with Gasteiger partial charge in [0.25, 0.3) is 0 Å². The first-order chi connectivity index (χ1) is 26.3. The number of carbonyl (C=O) groups is 3. The van der Waals surface area contributed by atoms with E-state index in [9.17, 15) is 14.4 Å². The average Bonchev–Trinajstić information content (AvgIpc) is 3.16. The van der Waals surface area contributed by atoms with E-state index in [-0.39, 0.29) is 30.1 Å². The predicted octanol–water partition coefficient (Wildman–Crippen LogP) is 11.8. The summed E-state index contributed by atoms with van der Waals surface area (Å²) < 4.78 is 5.50. The lowest BCUT2D eigenvalue weighted by Crippen LogP contribution is -2.48. The van der Waals surface area contributed by atoms with E-state index in [1.807, 2.05) is 21.1 Å². The van der Waals surface area contributed by atoms with Crippen LogP contribution >= 0.6 is 11.8 Å². The van der Waals surface area contributed by atoms with E-state index in [2.05, 4.69) is 31.0 Å². The van der Waals surface area contributed by atoms with E-state index >= 15 is 0 Å². The van der Waals surface area contributed by atoms with Crippen LogP contribution in [0.25, 0.3) is 0 Å². The largest absolute Gasteiger partial charge is 0.466 e. The molecule has 0 aliphatic carbocycles. The van der Waals surface area contributed by atoms with Crippen molar-refractivity contribution in [3.8, 4) is 0 Å². The van der Waals surface area contributed by atoms with Crippen LogP contribution in [0.1, 0.15) is 207 Å². The molecule has 0 spiro atoms. The van der Waals surface area contributed by atoms with Gasteiger partial charge < -0.3 is 14.5 Å². The van der Waals surface area contributed by atoms with Crippen LogP contribution in [-0.2, 0) is 19.1 Å². The fraction of sp³-hybridized carbons (Fsp3) is 0.935. The Hall–Kier alpha value is -1.12. The molecule has 1 amide bonds. The van der Waals surface area contributed by atoms with Gasteiger partial charge in [0.15, 0.2) is 0 Å². The van der Waals surface area contributed by atoms with Gasteiger partial charge in [0.05, 0.1) is 25.6 Å². The fourth-order valence-electron chi connectivity index (χ4n) is 7.05. The van der Waals surface area contributed by atoms with Gasteiger partial charge in [-0.2, -0.15) is 11.8 Å². The molecule has 0 bridgehead atoms. The monoisotopic (exact) mass is 782 g/mol. The van der Waals surface area contributed by atoms with E-state index in [0.29, 0.717) is 31.7 Å². The molecule has 0 aromatic carbocycles. The molecule has 1 N–H and O–H groups in total. The first kappa shape index (κ1) is 52.9. The highest BCUT2D eigenvalue weighted by Gasteiger charge is 2.25. The highest BCUT2D eigenvalue weighted by Crippen LogP contribution is 2.21. The standard InChI is InChI=1S/C46H91N3O4S/c1-7-10-13-16-19-21-22-23-25-28-31-38-53-45(51)35-40-54-39-34-43(46(52)49(6)37-36-48(4)5)47-41-44(50)42(32-29-26-18-15-12-9-3)33-30-27-24-20-17-14-11-8-2/h42-43,47H,7-41H2,1-6H3. The summed E-state index contributed by atoms with van der Waals surface area (Å²) in [5, 5.41) is 3.42. The molecule has 0 fully saturated rings. The average molecular weight is 782 g/mol. The van der Waals surface area contributed by atoms with E-state index in [1.165, 1.54) is 135 Å². The molecule has 0 saturated carbocycles. The Morgan fingerprint density at radius 3 is 1.46 bits per heavy atom. The van der Waals surface area contributed by atoms with Crippen LogP contribution < -0.4 is 5.32 Å². The van der Waals surface area contributed by atoms with E-state index in [4.69, 9.17) is 4.74 Å². The Labute approximate surface area is 340 Å². The van der Waals surface area contributed by atoms with E-state index < -0.39 is 6.04 Å². The second kappa shape index (κ2) is 40.1. The van der Waals surface area contributed by atoms with Crippen LogP contribution in [0.2, 0.25) is 0 Å². The van der Waals surface area contributed by atoms with Gasteiger partial charge in [-0.1, -0.05) is 175 Å². The van der Waals surface area contributed by atoms with Crippen molar-refractivity contribution in [3.05, 3.63) is 0 Å². The number of hydrogen-bond donors (Lipinski definition) is 1. The number of nitrogens with one attached hydrogen (secondary N) is 1. The normalized spacial score (nSPS) is 12.6. The number of Topliss-reactive ketones (excluding diaryl/α,β-unsaturated/α-hetero) is 1. The minimum atomic E-state index is -0.403. The van der Waals surface area contributed by atoms with Crippen molar-refractivity contribution < 1.29 is 19.1 Å². The Bertz CT molecular complexity index is 858. The van der Waals surface area contributed by atoms with Gasteiger partial charge in [-0.3, -0.25) is 19.7 Å². The topological polar surface area (TPSA) is 78.9 Å². The first-order valence-corrected chi connectivity index (χ1v) is 24.3. The van der Waals surface area contributed by atoms with Gasteiger partial charge in [0, 0.05) is 31.8 Å². The summed E-state index contributed by atoms with van der Waals surface area (Å²) in [6.07, 6.45) is 34.7. The van der Waals surface area contributed by atoms with Crippen molar-refractivity contribution in [1.82, 2.24) is 15.1 Å². The molecule has 0 aromatic rings. The summed E-state index contributed by atoms with van der Waals surface area (Å²) >= 11 is 1.69. The summed E-state index contributed by atoms with van der Waals surface area (Å²) in [6, 6.07) is -0.403. The maximum Gasteiger partial charge on any atom is 0.306 e.